The summed E-state index contributed by atoms with van der Waals surface area (Å²) in [5, 5.41) is 19.6. The second-order valence-electron chi connectivity index (χ2n) is 3.83. The number of rotatable bonds is 3. The molecular weight excluding hydrogens is 202 g/mol. The van der Waals surface area contributed by atoms with Crippen molar-refractivity contribution < 1.29 is 5.11 Å². The minimum atomic E-state index is -0.141. The van der Waals surface area contributed by atoms with Crippen LogP contribution in [0.1, 0.15) is 17.3 Å². The number of fused-ring (bicyclic) bond motifs is 1. The van der Waals surface area contributed by atoms with E-state index in [4.69, 9.17) is 5.73 Å². The second kappa shape index (κ2) is 4.55. The molecule has 16 heavy (non-hydrogen) atoms. The summed E-state index contributed by atoms with van der Waals surface area (Å²) in [6, 6.07) is 7.92. The van der Waals surface area contributed by atoms with Crippen molar-refractivity contribution in [3.05, 3.63) is 35.7 Å². The number of aliphatic hydroxyl groups is 1. The lowest BCUT2D eigenvalue weighted by molar-refractivity contribution is 0.266. The van der Waals surface area contributed by atoms with Crippen molar-refractivity contribution in [3.63, 3.8) is 0 Å². The highest BCUT2D eigenvalue weighted by Crippen LogP contribution is 2.23. The minimum Gasteiger partial charge on any atom is -0.396 e. The monoisotopic (exact) mass is 217 g/mol. The molecule has 0 aliphatic rings. The SMILES string of the molecule is Cc1nnc(C(CN)CO)c2ccccc12. The number of aromatic nitrogens is 2. The van der Waals surface area contributed by atoms with Crippen molar-refractivity contribution in [2.45, 2.75) is 12.8 Å². The lowest BCUT2D eigenvalue weighted by atomic mass is 10.00. The molecule has 4 nitrogen and oxygen atoms in total. The Morgan fingerprint density at radius 2 is 1.94 bits per heavy atom. The third kappa shape index (κ3) is 1.77. The molecule has 0 fully saturated rings. The topological polar surface area (TPSA) is 72.0 Å². The van der Waals surface area contributed by atoms with Crippen molar-refractivity contribution >= 4 is 10.8 Å². The molecule has 2 aromatic rings. The predicted octanol–water partition coefficient (Wildman–Crippen LogP) is 0.973. The van der Waals surface area contributed by atoms with Gasteiger partial charge in [0.2, 0.25) is 0 Å². The highest BCUT2D eigenvalue weighted by atomic mass is 16.3. The Bertz CT molecular complexity index is 495. The number of aliphatic hydroxyl groups excluding tert-OH is 1. The number of benzene rings is 1. The van der Waals surface area contributed by atoms with E-state index >= 15 is 0 Å². The van der Waals surface area contributed by atoms with Gasteiger partial charge in [0.1, 0.15) is 0 Å². The van der Waals surface area contributed by atoms with Gasteiger partial charge in [-0.1, -0.05) is 24.3 Å². The summed E-state index contributed by atoms with van der Waals surface area (Å²) in [5.74, 6) is -0.141. The van der Waals surface area contributed by atoms with Gasteiger partial charge in [-0.15, -0.1) is 0 Å². The standard InChI is InChI=1S/C12H15N3O/c1-8-10-4-2-3-5-11(10)12(15-14-8)9(6-13)7-16/h2-5,9,16H,6-7,13H2,1H3. The van der Waals surface area contributed by atoms with Crippen molar-refractivity contribution in [2.75, 3.05) is 13.2 Å². The molecule has 1 aromatic heterocycles. The van der Waals surface area contributed by atoms with E-state index in [2.05, 4.69) is 10.2 Å². The molecule has 0 aliphatic carbocycles. The molecule has 1 unspecified atom stereocenters. The van der Waals surface area contributed by atoms with Crippen molar-refractivity contribution in [3.8, 4) is 0 Å². The van der Waals surface area contributed by atoms with E-state index in [9.17, 15) is 5.11 Å². The molecule has 3 N–H and O–H groups in total. The third-order valence-electron chi connectivity index (χ3n) is 2.79. The maximum Gasteiger partial charge on any atom is 0.0775 e. The summed E-state index contributed by atoms with van der Waals surface area (Å²) in [7, 11) is 0. The minimum absolute atomic E-state index is 0.00175. The van der Waals surface area contributed by atoms with Gasteiger partial charge in [0, 0.05) is 23.2 Å². The van der Waals surface area contributed by atoms with E-state index in [1.54, 1.807) is 0 Å². The zero-order valence-electron chi connectivity index (χ0n) is 9.22. The van der Waals surface area contributed by atoms with Crippen LogP contribution in [0.5, 0.6) is 0 Å². The van der Waals surface area contributed by atoms with E-state index in [0.29, 0.717) is 6.54 Å². The first kappa shape index (κ1) is 11.0. The van der Waals surface area contributed by atoms with Crippen LogP contribution in [0, 0.1) is 6.92 Å². The first-order chi connectivity index (χ1) is 7.77. The maximum absolute atomic E-state index is 9.26. The van der Waals surface area contributed by atoms with Gasteiger partial charge in [-0.3, -0.25) is 0 Å². The smallest absolute Gasteiger partial charge is 0.0775 e. The lowest BCUT2D eigenvalue weighted by Crippen LogP contribution is -2.18. The van der Waals surface area contributed by atoms with Crippen molar-refractivity contribution in [1.29, 1.82) is 0 Å². The third-order valence-corrected chi connectivity index (χ3v) is 2.79. The zero-order chi connectivity index (χ0) is 11.5. The molecule has 0 spiro atoms. The predicted molar refractivity (Wildman–Crippen MR) is 63.2 cm³/mol. The Morgan fingerprint density at radius 3 is 2.56 bits per heavy atom. The number of nitrogens with zero attached hydrogens (tertiary/aromatic N) is 2. The molecule has 0 saturated heterocycles. The van der Waals surface area contributed by atoms with Gasteiger partial charge in [-0.05, 0) is 6.92 Å². The number of nitrogens with two attached hydrogens (primary N) is 1. The average Bonchev–Trinajstić information content (AvgIpc) is 2.34. The fourth-order valence-electron chi connectivity index (χ4n) is 1.83. The Hall–Kier alpha value is -1.52. The first-order valence-electron chi connectivity index (χ1n) is 5.30. The Morgan fingerprint density at radius 1 is 1.25 bits per heavy atom. The van der Waals surface area contributed by atoms with Gasteiger partial charge in [-0.2, -0.15) is 10.2 Å². The summed E-state index contributed by atoms with van der Waals surface area (Å²) >= 11 is 0. The van der Waals surface area contributed by atoms with Crippen LogP contribution in [0.15, 0.2) is 24.3 Å². The van der Waals surface area contributed by atoms with Crippen LogP contribution < -0.4 is 5.73 Å². The highest BCUT2D eigenvalue weighted by molar-refractivity contribution is 5.86. The molecule has 1 heterocycles. The van der Waals surface area contributed by atoms with Crippen LogP contribution >= 0.6 is 0 Å². The summed E-state index contributed by atoms with van der Waals surface area (Å²) in [6.07, 6.45) is 0. The fraction of sp³-hybridized carbons (Fsp3) is 0.333. The molecule has 0 radical (unpaired) electrons. The summed E-state index contributed by atoms with van der Waals surface area (Å²) in [6.45, 7) is 2.30. The molecule has 4 heteroatoms. The summed E-state index contributed by atoms with van der Waals surface area (Å²) < 4.78 is 0. The van der Waals surface area contributed by atoms with Gasteiger partial charge in [0.15, 0.2) is 0 Å². The molecule has 0 bridgehead atoms. The van der Waals surface area contributed by atoms with Crippen LogP contribution in [-0.2, 0) is 0 Å². The number of hydrogen-bond acceptors (Lipinski definition) is 4. The quantitative estimate of drug-likeness (QED) is 0.803. The molecule has 2 rings (SSSR count). The van der Waals surface area contributed by atoms with E-state index in [0.717, 1.165) is 22.2 Å². The first-order valence-corrected chi connectivity index (χ1v) is 5.30. The molecule has 0 saturated carbocycles. The van der Waals surface area contributed by atoms with Crippen LogP contribution in [0.2, 0.25) is 0 Å². The normalized spacial score (nSPS) is 12.9. The van der Waals surface area contributed by atoms with Crippen molar-refractivity contribution in [1.82, 2.24) is 10.2 Å². The summed E-state index contributed by atoms with van der Waals surface area (Å²) in [4.78, 5) is 0. The van der Waals surface area contributed by atoms with E-state index in [1.807, 2.05) is 31.2 Å². The second-order valence-corrected chi connectivity index (χ2v) is 3.83. The Labute approximate surface area is 94.1 Å². The molecule has 0 amide bonds. The van der Waals surface area contributed by atoms with Gasteiger partial charge in [0.25, 0.3) is 0 Å². The van der Waals surface area contributed by atoms with Crippen molar-refractivity contribution in [2.24, 2.45) is 5.73 Å². The van der Waals surface area contributed by atoms with Crippen LogP contribution in [-0.4, -0.2) is 28.5 Å². The van der Waals surface area contributed by atoms with Gasteiger partial charge >= 0.3 is 0 Å². The lowest BCUT2D eigenvalue weighted by Gasteiger charge is -2.13. The van der Waals surface area contributed by atoms with Gasteiger partial charge < -0.3 is 10.8 Å². The summed E-state index contributed by atoms with van der Waals surface area (Å²) in [5.41, 5.74) is 7.30. The number of hydrogen-bond donors (Lipinski definition) is 2. The van der Waals surface area contributed by atoms with E-state index in [-0.39, 0.29) is 12.5 Å². The van der Waals surface area contributed by atoms with E-state index < -0.39 is 0 Å². The molecule has 1 atom stereocenters. The average molecular weight is 217 g/mol. The van der Waals surface area contributed by atoms with Gasteiger partial charge in [0.05, 0.1) is 18.0 Å². The maximum atomic E-state index is 9.26. The molecule has 1 aromatic carbocycles. The molecule has 0 aliphatic heterocycles. The number of aryl methyl sites for hydroxylation is 1. The zero-order valence-corrected chi connectivity index (χ0v) is 9.22. The Kier molecular flexibility index (Phi) is 3.12. The molecular formula is C12H15N3O. The largest absolute Gasteiger partial charge is 0.396 e. The molecule has 84 valence electrons. The van der Waals surface area contributed by atoms with Crippen LogP contribution in [0.3, 0.4) is 0 Å². The van der Waals surface area contributed by atoms with Crippen LogP contribution in [0.4, 0.5) is 0 Å². The van der Waals surface area contributed by atoms with E-state index in [1.165, 1.54) is 0 Å². The fourth-order valence-corrected chi connectivity index (χ4v) is 1.83. The van der Waals surface area contributed by atoms with Gasteiger partial charge in [-0.25, -0.2) is 0 Å². The Balaban J connectivity index is 2.66. The highest BCUT2D eigenvalue weighted by Gasteiger charge is 2.15. The van der Waals surface area contributed by atoms with Crippen LogP contribution in [0.25, 0.3) is 10.8 Å².